The number of carbonyl (C=O) groups is 2. The largest absolute Gasteiger partial charge is 0.343 e. The number of nitrogens with one attached hydrogen (secondary N) is 1. The van der Waals surface area contributed by atoms with E-state index in [1.54, 1.807) is 24.0 Å². The van der Waals surface area contributed by atoms with Crippen LogP contribution < -0.4 is 5.32 Å². The number of nitrogens with zero attached hydrogens (tertiary/aromatic N) is 1. The molecule has 2 amide bonds. The van der Waals surface area contributed by atoms with E-state index in [1.807, 2.05) is 13.0 Å². The number of halogens is 2. The number of rotatable bonds is 4. The highest BCUT2D eigenvalue weighted by atomic mass is 35.5. The summed E-state index contributed by atoms with van der Waals surface area (Å²) in [6.07, 6.45) is 1.19. The van der Waals surface area contributed by atoms with Crippen LogP contribution in [0.25, 0.3) is 0 Å². The molecular formula is C15H18Cl2N2O2. The normalized spacial score (nSPS) is 22.4. The number of piperazine rings is 1. The SMILES string of the molecule is CCC1NC(=O)C(C)N(CCc2ccc(Cl)cc2Cl)C1=O. The quantitative estimate of drug-likeness (QED) is 0.923. The van der Waals surface area contributed by atoms with Crippen LogP contribution in [0.5, 0.6) is 0 Å². The fraction of sp³-hybridized carbons (Fsp3) is 0.467. The van der Waals surface area contributed by atoms with Crippen molar-refractivity contribution in [1.82, 2.24) is 10.2 Å². The van der Waals surface area contributed by atoms with Gasteiger partial charge in [-0.15, -0.1) is 0 Å². The van der Waals surface area contributed by atoms with E-state index >= 15 is 0 Å². The van der Waals surface area contributed by atoms with Crippen LogP contribution in [-0.4, -0.2) is 35.3 Å². The zero-order chi connectivity index (χ0) is 15.6. The van der Waals surface area contributed by atoms with E-state index in [1.165, 1.54) is 0 Å². The van der Waals surface area contributed by atoms with Gasteiger partial charge in [0.1, 0.15) is 12.1 Å². The molecule has 4 nitrogen and oxygen atoms in total. The van der Waals surface area contributed by atoms with Crippen molar-refractivity contribution < 1.29 is 9.59 Å². The Morgan fingerprint density at radius 2 is 2.00 bits per heavy atom. The zero-order valence-corrected chi connectivity index (χ0v) is 13.5. The number of benzene rings is 1. The van der Waals surface area contributed by atoms with E-state index < -0.39 is 12.1 Å². The van der Waals surface area contributed by atoms with Crippen molar-refractivity contribution in [2.45, 2.75) is 38.8 Å². The Bertz CT molecular complexity index is 563. The summed E-state index contributed by atoms with van der Waals surface area (Å²) in [5.41, 5.74) is 0.917. The monoisotopic (exact) mass is 328 g/mol. The molecule has 1 fully saturated rings. The lowest BCUT2D eigenvalue weighted by molar-refractivity contribution is -0.148. The predicted octanol–water partition coefficient (Wildman–Crippen LogP) is 2.66. The maximum atomic E-state index is 12.3. The Morgan fingerprint density at radius 1 is 1.29 bits per heavy atom. The lowest BCUT2D eigenvalue weighted by atomic mass is 10.0. The predicted molar refractivity (Wildman–Crippen MR) is 83.6 cm³/mol. The molecule has 2 rings (SSSR count). The van der Waals surface area contributed by atoms with Crippen LogP contribution in [0.1, 0.15) is 25.8 Å². The van der Waals surface area contributed by atoms with Crippen molar-refractivity contribution in [3.63, 3.8) is 0 Å². The van der Waals surface area contributed by atoms with Gasteiger partial charge in [-0.2, -0.15) is 0 Å². The number of hydrogen-bond acceptors (Lipinski definition) is 2. The maximum absolute atomic E-state index is 12.3. The fourth-order valence-corrected chi connectivity index (χ4v) is 2.94. The first-order valence-corrected chi connectivity index (χ1v) is 7.74. The van der Waals surface area contributed by atoms with Crippen LogP contribution >= 0.6 is 23.2 Å². The highest BCUT2D eigenvalue weighted by Gasteiger charge is 2.36. The molecule has 114 valence electrons. The van der Waals surface area contributed by atoms with E-state index in [-0.39, 0.29) is 11.8 Å². The van der Waals surface area contributed by atoms with Crippen molar-refractivity contribution in [3.8, 4) is 0 Å². The minimum Gasteiger partial charge on any atom is -0.343 e. The number of hydrogen-bond donors (Lipinski definition) is 1. The first-order chi connectivity index (χ1) is 9.93. The highest BCUT2D eigenvalue weighted by molar-refractivity contribution is 6.35. The second-order valence-electron chi connectivity index (χ2n) is 5.16. The van der Waals surface area contributed by atoms with E-state index in [4.69, 9.17) is 23.2 Å². The summed E-state index contributed by atoms with van der Waals surface area (Å²) in [6.45, 7) is 4.08. The van der Waals surface area contributed by atoms with Gasteiger partial charge in [0, 0.05) is 16.6 Å². The molecule has 2 atom stereocenters. The second-order valence-corrected chi connectivity index (χ2v) is 6.01. The average molecular weight is 329 g/mol. The first kappa shape index (κ1) is 16.1. The lowest BCUT2D eigenvalue weighted by Crippen LogP contribution is -2.62. The van der Waals surface area contributed by atoms with Gasteiger partial charge < -0.3 is 10.2 Å². The second kappa shape index (κ2) is 6.67. The summed E-state index contributed by atoms with van der Waals surface area (Å²) < 4.78 is 0. The van der Waals surface area contributed by atoms with Crippen molar-refractivity contribution in [1.29, 1.82) is 0 Å². The molecule has 0 radical (unpaired) electrons. The minimum absolute atomic E-state index is 0.0327. The van der Waals surface area contributed by atoms with E-state index in [9.17, 15) is 9.59 Å². The molecule has 0 aliphatic carbocycles. The van der Waals surface area contributed by atoms with Gasteiger partial charge in [-0.05, 0) is 37.5 Å². The first-order valence-electron chi connectivity index (χ1n) is 6.98. The summed E-state index contributed by atoms with van der Waals surface area (Å²) in [5.74, 6) is -0.140. The Morgan fingerprint density at radius 3 is 2.62 bits per heavy atom. The standard InChI is InChI=1S/C15H18Cl2N2O2/c1-3-13-15(21)19(9(2)14(20)18-13)7-6-10-4-5-11(16)8-12(10)17/h4-5,8-9,13H,3,6-7H2,1-2H3,(H,18,20). The molecule has 1 N–H and O–H groups in total. The summed E-state index contributed by atoms with van der Waals surface area (Å²) in [6, 6.07) is 4.43. The van der Waals surface area contributed by atoms with E-state index in [0.717, 1.165) is 5.56 Å². The molecule has 1 heterocycles. The summed E-state index contributed by atoms with van der Waals surface area (Å²) in [4.78, 5) is 25.8. The van der Waals surface area contributed by atoms with Gasteiger partial charge in [0.2, 0.25) is 11.8 Å². The van der Waals surface area contributed by atoms with Crippen molar-refractivity contribution in [3.05, 3.63) is 33.8 Å². The van der Waals surface area contributed by atoms with Crippen LogP contribution in [0.15, 0.2) is 18.2 Å². The summed E-state index contributed by atoms with van der Waals surface area (Å²) >= 11 is 12.0. The smallest absolute Gasteiger partial charge is 0.245 e. The molecule has 0 aromatic heterocycles. The third kappa shape index (κ3) is 3.50. The summed E-state index contributed by atoms with van der Waals surface area (Å²) in [5, 5.41) is 3.90. The van der Waals surface area contributed by atoms with Crippen molar-refractivity contribution in [2.75, 3.05) is 6.54 Å². The molecular weight excluding hydrogens is 311 g/mol. The molecule has 1 aromatic rings. The van der Waals surface area contributed by atoms with Gasteiger partial charge in [0.15, 0.2) is 0 Å². The van der Waals surface area contributed by atoms with E-state index in [2.05, 4.69) is 5.32 Å². The Kier molecular flexibility index (Phi) is 5.12. The third-order valence-corrected chi connectivity index (χ3v) is 4.38. The van der Waals surface area contributed by atoms with Crippen LogP contribution in [-0.2, 0) is 16.0 Å². The lowest BCUT2D eigenvalue weighted by Gasteiger charge is -2.37. The molecule has 2 unspecified atom stereocenters. The van der Waals surface area contributed by atoms with Gasteiger partial charge >= 0.3 is 0 Å². The molecule has 1 saturated heterocycles. The average Bonchev–Trinajstić information content (AvgIpc) is 2.44. The fourth-order valence-electron chi connectivity index (χ4n) is 2.43. The maximum Gasteiger partial charge on any atom is 0.245 e. The van der Waals surface area contributed by atoms with Gasteiger partial charge in [-0.3, -0.25) is 9.59 Å². The Labute approximate surface area is 134 Å². The molecule has 0 spiro atoms. The van der Waals surface area contributed by atoms with Crippen LogP contribution in [0.4, 0.5) is 0 Å². The molecule has 6 heteroatoms. The third-order valence-electron chi connectivity index (χ3n) is 3.79. The van der Waals surface area contributed by atoms with Gasteiger partial charge in [-0.25, -0.2) is 0 Å². The number of carbonyl (C=O) groups excluding carboxylic acids is 2. The Balaban J connectivity index is 2.09. The van der Waals surface area contributed by atoms with Crippen LogP contribution in [0.2, 0.25) is 10.0 Å². The Hall–Kier alpha value is -1.26. The van der Waals surface area contributed by atoms with Gasteiger partial charge in [0.25, 0.3) is 0 Å². The van der Waals surface area contributed by atoms with Crippen LogP contribution in [0, 0.1) is 0 Å². The van der Waals surface area contributed by atoms with E-state index in [0.29, 0.717) is 29.4 Å². The van der Waals surface area contributed by atoms with Gasteiger partial charge in [0.05, 0.1) is 0 Å². The topological polar surface area (TPSA) is 49.4 Å². The van der Waals surface area contributed by atoms with Gasteiger partial charge in [-0.1, -0.05) is 36.2 Å². The zero-order valence-electron chi connectivity index (χ0n) is 12.0. The summed E-state index contributed by atoms with van der Waals surface area (Å²) in [7, 11) is 0. The molecule has 1 aromatic carbocycles. The van der Waals surface area contributed by atoms with Crippen molar-refractivity contribution >= 4 is 35.0 Å². The molecule has 0 saturated carbocycles. The molecule has 1 aliphatic heterocycles. The highest BCUT2D eigenvalue weighted by Crippen LogP contribution is 2.22. The molecule has 21 heavy (non-hydrogen) atoms. The van der Waals surface area contributed by atoms with Crippen molar-refractivity contribution in [2.24, 2.45) is 0 Å². The van der Waals surface area contributed by atoms with Crippen LogP contribution in [0.3, 0.4) is 0 Å². The minimum atomic E-state index is -0.452. The molecule has 1 aliphatic rings. The number of amides is 2. The molecule has 0 bridgehead atoms.